The van der Waals surface area contributed by atoms with Crippen molar-refractivity contribution in [3.8, 4) is 5.75 Å². The summed E-state index contributed by atoms with van der Waals surface area (Å²) in [5, 5.41) is 13.3. The molecule has 1 amide bonds. The van der Waals surface area contributed by atoms with Gasteiger partial charge in [-0.25, -0.2) is 0 Å². The van der Waals surface area contributed by atoms with E-state index in [4.69, 9.17) is 27.9 Å². The molecular formula is C22H24Cl2N4O2S. The van der Waals surface area contributed by atoms with Gasteiger partial charge in [-0.3, -0.25) is 4.79 Å². The van der Waals surface area contributed by atoms with E-state index in [9.17, 15) is 4.79 Å². The summed E-state index contributed by atoms with van der Waals surface area (Å²) in [5.41, 5.74) is 2.59. The smallest absolute Gasteiger partial charge is 0.234 e. The van der Waals surface area contributed by atoms with Crippen LogP contribution in [0.15, 0.2) is 41.6 Å². The Balaban J connectivity index is 1.67. The summed E-state index contributed by atoms with van der Waals surface area (Å²) in [6.07, 6.45) is -0.357. The highest BCUT2D eigenvalue weighted by atomic mass is 35.5. The van der Waals surface area contributed by atoms with Crippen LogP contribution in [-0.4, -0.2) is 26.4 Å². The van der Waals surface area contributed by atoms with E-state index in [-0.39, 0.29) is 17.8 Å². The SMILES string of the molecule is CCn1c(SCC(=O)Nc2cccc(Cl)c2C)nnc1C(C)Oc1cc(C)ccc1Cl. The lowest BCUT2D eigenvalue weighted by Gasteiger charge is -2.17. The number of thioether (sulfide) groups is 1. The van der Waals surface area contributed by atoms with Gasteiger partial charge in [-0.1, -0.05) is 47.1 Å². The van der Waals surface area contributed by atoms with Crippen LogP contribution in [0.4, 0.5) is 5.69 Å². The van der Waals surface area contributed by atoms with E-state index in [2.05, 4.69) is 15.5 Å². The molecule has 0 saturated heterocycles. The minimum atomic E-state index is -0.357. The number of hydrogen-bond acceptors (Lipinski definition) is 5. The predicted molar refractivity (Wildman–Crippen MR) is 126 cm³/mol. The monoisotopic (exact) mass is 478 g/mol. The maximum atomic E-state index is 12.4. The molecule has 0 bridgehead atoms. The van der Waals surface area contributed by atoms with Crippen LogP contribution >= 0.6 is 35.0 Å². The van der Waals surface area contributed by atoms with Gasteiger partial charge in [0, 0.05) is 17.3 Å². The van der Waals surface area contributed by atoms with Crippen molar-refractivity contribution in [2.45, 2.75) is 45.5 Å². The average molecular weight is 479 g/mol. The topological polar surface area (TPSA) is 69.0 Å². The molecule has 9 heteroatoms. The van der Waals surface area contributed by atoms with Crippen molar-refractivity contribution in [2.24, 2.45) is 0 Å². The van der Waals surface area contributed by atoms with E-state index in [1.807, 2.05) is 56.5 Å². The fourth-order valence-corrected chi connectivity index (χ4v) is 4.15. The first-order valence-electron chi connectivity index (χ1n) is 9.83. The molecule has 1 atom stereocenters. The van der Waals surface area contributed by atoms with Gasteiger partial charge in [-0.2, -0.15) is 0 Å². The third kappa shape index (κ3) is 5.73. The second-order valence-corrected chi connectivity index (χ2v) is 8.79. The zero-order valence-electron chi connectivity index (χ0n) is 17.8. The Morgan fingerprint density at radius 3 is 2.71 bits per heavy atom. The van der Waals surface area contributed by atoms with Crippen molar-refractivity contribution < 1.29 is 9.53 Å². The number of hydrogen-bond donors (Lipinski definition) is 1. The summed E-state index contributed by atoms with van der Waals surface area (Å²) in [7, 11) is 0. The summed E-state index contributed by atoms with van der Waals surface area (Å²) in [6, 6.07) is 11.1. The Morgan fingerprint density at radius 2 is 1.97 bits per heavy atom. The third-order valence-corrected chi connectivity index (χ3v) is 6.38. The van der Waals surface area contributed by atoms with Crippen LogP contribution in [0, 0.1) is 13.8 Å². The molecule has 0 aliphatic carbocycles. The van der Waals surface area contributed by atoms with Gasteiger partial charge in [0.2, 0.25) is 5.91 Å². The minimum Gasteiger partial charge on any atom is -0.481 e. The molecule has 3 aromatic rings. The predicted octanol–water partition coefficient (Wildman–Crippen LogP) is 6.09. The molecule has 1 N–H and O–H groups in total. The number of aryl methyl sites for hydroxylation is 1. The Morgan fingerprint density at radius 1 is 1.19 bits per heavy atom. The van der Waals surface area contributed by atoms with Gasteiger partial charge in [-0.05, 0) is 63.1 Å². The van der Waals surface area contributed by atoms with Crippen LogP contribution in [0.5, 0.6) is 5.75 Å². The number of carbonyl (C=O) groups excluding carboxylic acids is 1. The molecule has 2 aromatic carbocycles. The Bertz CT molecular complexity index is 1090. The van der Waals surface area contributed by atoms with E-state index in [1.54, 1.807) is 12.1 Å². The number of benzene rings is 2. The summed E-state index contributed by atoms with van der Waals surface area (Å²) in [5.74, 6) is 1.33. The van der Waals surface area contributed by atoms with Gasteiger partial charge < -0.3 is 14.6 Å². The number of halogens is 2. The fraction of sp³-hybridized carbons (Fsp3) is 0.318. The lowest BCUT2D eigenvalue weighted by atomic mass is 10.2. The molecular weight excluding hydrogens is 455 g/mol. The van der Waals surface area contributed by atoms with E-state index in [0.29, 0.717) is 39.0 Å². The molecule has 0 radical (unpaired) electrons. The number of amides is 1. The summed E-state index contributed by atoms with van der Waals surface area (Å²) < 4.78 is 7.98. The van der Waals surface area contributed by atoms with Crippen LogP contribution in [0.2, 0.25) is 10.0 Å². The van der Waals surface area contributed by atoms with E-state index in [1.165, 1.54) is 11.8 Å². The van der Waals surface area contributed by atoms with Crippen molar-refractivity contribution in [3.63, 3.8) is 0 Å². The molecule has 164 valence electrons. The molecule has 6 nitrogen and oxygen atoms in total. The Hall–Kier alpha value is -2.22. The van der Waals surface area contributed by atoms with Gasteiger partial charge in [0.1, 0.15) is 5.75 Å². The van der Waals surface area contributed by atoms with Crippen molar-refractivity contribution in [2.75, 3.05) is 11.1 Å². The number of nitrogens with zero attached hydrogens (tertiary/aromatic N) is 3. The molecule has 1 heterocycles. The maximum Gasteiger partial charge on any atom is 0.234 e. The first-order chi connectivity index (χ1) is 14.8. The highest BCUT2D eigenvalue weighted by Gasteiger charge is 2.20. The lowest BCUT2D eigenvalue weighted by Crippen LogP contribution is -2.16. The molecule has 0 aliphatic rings. The molecule has 0 aliphatic heterocycles. The van der Waals surface area contributed by atoms with Crippen LogP contribution in [0.3, 0.4) is 0 Å². The van der Waals surface area contributed by atoms with E-state index < -0.39 is 0 Å². The quantitative estimate of drug-likeness (QED) is 0.396. The van der Waals surface area contributed by atoms with Crippen molar-refractivity contribution in [3.05, 3.63) is 63.4 Å². The molecule has 3 rings (SSSR count). The number of aromatic nitrogens is 3. The molecule has 0 spiro atoms. The van der Waals surface area contributed by atoms with Crippen molar-refractivity contribution >= 4 is 46.6 Å². The number of rotatable bonds is 8. The summed E-state index contributed by atoms with van der Waals surface area (Å²) in [6.45, 7) is 8.39. The minimum absolute atomic E-state index is 0.140. The van der Waals surface area contributed by atoms with Gasteiger partial charge in [0.05, 0.1) is 10.8 Å². The van der Waals surface area contributed by atoms with Crippen molar-refractivity contribution in [1.29, 1.82) is 0 Å². The third-order valence-electron chi connectivity index (χ3n) is 4.69. The summed E-state index contributed by atoms with van der Waals surface area (Å²) >= 11 is 13.7. The highest BCUT2D eigenvalue weighted by Crippen LogP contribution is 2.30. The highest BCUT2D eigenvalue weighted by molar-refractivity contribution is 7.99. The van der Waals surface area contributed by atoms with Gasteiger partial charge in [-0.15, -0.1) is 10.2 Å². The van der Waals surface area contributed by atoms with Crippen molar-refractivity contribution in [1.82, 2.24) is 14.8 Å². The molecule has 0 fully saturated rings. The number of anilines is 1. The standard InChI is InChI=1S/C22H24Cl2N4O2S/c1-5-28-21(15(4)30-19-11-13(2)9-10-17(19)24)26-27-22(28)31-12-20(29)25-18-8-6-7-16(23)14(18)3/h6-11,15H,5,12H2,1-4H3,(H,25,29). The molecule has 31 heavy (non-hydrogen) atoms. The number of carbonyl (C=O) groups is 1. The Kier molecular flexibility index (Phi) is 7.86. The van der Waals surface area contributed by atoms with Gasteiger partial charge in [0.15, 0.2) is 17.1 Å². The summed E-state index contributed by atoms with van der Waals surface area (Å²) in [4.78, 5) is 12.4. The largest absolute Gasteiger partial charge is 0.481 e. The van der Waals surface area contributed by atoms with Crippen LogP contribution in [0.25, 0.3) is 0 Å². The Labute approximate surface area is 196 Å². The fourth-order valence-electron chi connectivity index (χ4n) is 3.01. The normalized spacial score (nSPS) is 11.9. The second kappa shape index (κ2) is 10.4. The van der Waals surface area contributed by atoms with E-state index in [0.717, 1.165) is 11.1 Å². The first kappa shape index (κ1) is 23.4. The zero-order chi connectivity index (χ0) is 22.5. The van der Waals surface area contributed by atoms with Crippen LogP contribution < -0.4 is 10.1 Å². The molecule has 1 unspecified atom stereocenters. The van der Waals surface area contributed by atoms with Crippen LogP contribution in [0.1, 0.15) is 36.9 Å². The van der Waals surface area contributed by atoms with E-state index >= 15 is 0 Å². The van der Waals surface area contributed by atoms with Gasteiger partial charge in [0.25, 0.3) is 0 Å². The zero-order valence-corrected chi connectivity index (χ0v) is 20.1. The molecule has 0 saturated carbocycles. The second-order valence-electron chi connectivity index (χ2n) is 7.03. The lowest BCUT2D eigenvalue weighted by molar-refractivity contribution is -0.113. The first-order valence-corrected chi connectivity index (χ1v) is 11.6. The maximum absolute atomic E-state index is 12.4. The number of ether oxygens (including phenoxy) is 1. The van der Waals surface area contributed by atoms with Gasteiger partial charge >= 0.3 is 0 Å². The average Bonchev–Trinajstić information content (AvgIpc) is 3.15. The number of nitrogens with one attached hydrogen (secondary N) is 1. The van der Waals surface area contributed by atoms with Crippen LogP contribution in [-0.2, 0) is 11.3 Å². The molecule has 1 aromatic heterocycles.